The van der Waals surface area contributed by atoms with Gasteiger partial charge in [-0.2, -0.15) is 0 Å². The molecule has 1 radical (unpaired) electrons. The van der Waals surface area contributed by atoms with Crippen molar-refractivity contribution in [1.29, 1.82) is 0 Å². The lowest BCUT2D eigenvalue weighted by Crippen LogP contribution is -1.86. The SMILES string of the molecule is O=[C]Cc1ccc2c(c1)CCO2. The largest absolute Gasteiger partial charge is 0.493 e. The van der Waals surface area contributed by atoms with Gasteiger partial charge in [-0.1, -0.05) is 12.1 Å². The Morgan fingerprint density at radius 2 is 2.42 bits per heavy atom. The average Bonchev–Trinajstić information content (AvgIpc) is 2.51. The van der Waals surface area contributed by atoms with Crippen LogP contribution < -0.4 is 4.74 Å². The zero-order valence-corrected chi connectivity index (χ0v) is 6.67. The summed E-state index contributed by atoms with van der Waals surface area (Å²) in [5, 5.41) is 0. The van der Waals surface area contributed by atoms with Crippen LogP contribution in [0.5, 0.6) is 5.75 Å². The van der Waals surface area contributed by atoms with Crippen LogP contribution in [0, 0.1) is 0 Å². The van der Waals surface area contributed by atoms with Crippen LogP contribution in [0.2, 0.25) is 0 Å². The molecule has 0 spiro atoms. The molecule has 1 aliphatic rings. The Labute approximate surface area is 71.2 Å². The second kappa shape index (κ2) is 2.97. The molecule has 1 aromatic rings. The van der Waals surface area contributed by atoms with E-state index in [1.807, 2.05) is 24.5 Å². The van der Waals surface area contributed by atoms with Crippen LogP contribution >= 0.6 is 0 Å². The van der Waals surface area contributed by atoms with Crippen molar-refractivity contribution in [2.75, 3.05) is 6.61 Å². The van der Waals surface area contributed by atoms with Crippen molar-refractivity contribution in [3.05, 3.63) is 29.3 Å². The molecule has 0 N–H and O–H groups in total. The molecule has 0 atom stereocenters. The Hall–Kier alpha value is -1.31. The van der Waals surface area contributed by atoms with E-state index in [-0.39, 0.29) is 0 Å². The fourth-order valence-corrected chi connectivity index (χ4v) is 1.43. The first-order chi connectivity index (χ1) is 5.90. The molecule has 2 nitrogen and oxygen atoms in total. The van der Waals surface area contributed by atoms with Crippen LogP contribution in [0.1, 0.15) is 11.1 Å². The van der Waals surface area contributed by atoms with Gasteiger partial charge in [0.25, 0.3) is 0 Å². The number of benzene rings is 1. The minimum Gasteiger partial charge on any atom is -0.493 e. The number of rotatable bonds is 2. The van der Waals surface area contributed by atoms with E-state index in [0.29, 0.717) is 6.42 Å². The lowest BCUT2D eigenvalue weighted by atomic mass is 10.1. The van der Waals surface area contributed by atoms with E-state index < -0.39 is 0 Å². The third-order valence-electron chi connectivity index (χ3n) is 2.03. The monoisotopic (exact) mass is 161 g/mol. The van der Waals surface area contributed by atoms with E-state index in [4.69, 9.17) is 4.74 Å². The van der Waals surface area contributed by atoms with E-state index in [1.54, 1.807) is 0 Å². The summed E-state index contributed by atoms with van der Waals surface area (Å²) in [7, 11) is 0. The van der Waals surface area contributed by atoms with Gasteiger partial charge in [-0.3, -0.25) is 4.79 Å². The minimum atomic E-state index is 0.382. The maximum absolute atomic E-state index is 10.1. The van der Waals surface area contributed by atoms with E-state index in [0.717, 1.165) is 24.3 Å². The van der Waals surface area contributed by atoms with Gasteiger partial charge in [0.1, 0.15) is 5.75 Å². The molecule has 2 heteroatoms. The topological polar surface area (TPSA) is 26.3 Å². The minimum absolute atomic E-state index is 0.382. The zero-order valence-electron chi connectivity index (χ0n) is 6.67. The third-order valence-corrected chi connectivity index (χ3v) is 2.03. The predicted octanol–water partition coefficient (Wildman–Crippen LogP) is 1.27. The second-order valence-corrected chi connectivity index (χ2v) is 2.86. The third kappa shape index (κ3) is 1.20. The van der Waals surface area contributed by atoms with Crippen LogP contribution in [0.3, 0.4) is 0 Å². The van der Waals surface area contributed by atoms with Crippen molar-refractivity contribution >= 4 is 6.29 Å². The summed E-state index contributed by atoms with van der Waals surface area (Å²) in [5.41, 5.74) is 2.23. The molecule has 0 aliphatic carbocycles. The predicted molar refractivity (Wildman–Crippen MR) is 45.0 cm³/mol. The number of hydrogen-bond acceptors (Lipinski definition) is 2. The highest BCUT2D eigenvalue weighted by Crippen LogP contribution is 2.25. The van der Waals surface area contributed by atoms with Crippen LogP contribution in [-0.4, -0.2) is 12.9 Å². The van der Waals surface area contributed by atoms with Gasteiger partial charge in [0, 0.05) is 12.8 Å². The molecule has 12 heavy (non-hydrogen) atoms. The summed E-state index contributed by atoms with van der Waals surface area (Å²) in [6.45, 7) is 0.767. The molecule has 1 aliphatic heterocycles. The molecule has 0 saturated carbocycles. The van der Waals surface area contributed by atoms with E-state index >= 15 is 0 Å². The van der Waals surface area contributed by atoms with Gasteiger partial charge in [0.2, 0.25) is 6.29 Å². The van der Waals surface area contributed by atoms with E-state index in [1.165, 1.54) is 5.56 Å². The van der Waals surface area contributed by atoms with Gasteiger partial charge in [-0.25, -0.2) is 0 Å². The Bertz CT molecular complexity index is 305. The molecule has 0 fully saturated rings. The lowest BCUT2D eigenvalue weighted by Gasteiger charge is -1.99. The molecule has 0 amide bonds. The fourth-order valence-electron chi connectivity index (χ4n) is 1.43. The highest BCUT2D eigenvalue weighted by Gasteiger charge is 2.11. The van der Waals surface area contributed by atoms with Crippen molar-refractivity contribution in [1.82, 2.24) is 0 Å². The van der Waals surface area contributed by atoms with Crippen molar-refractivity contribution in [3.63, 3.8) is 0 Å². The summed E-state index contributed by atoms with van der Waals surface area (Å²) in [6, 6.07) is 5.86. The molecule has 2 rings (SSSR count). The maximum Gasteiger partial charge on any atom is 0.203 e. The standard InChI is InChI=1S/C10H9O2/c11-5-3-8-1-2-10-9(7-8)4-6-12-10/h1-2,7H,3-4,6H2. The lowest BCUT2D eigenvalue weighted by molar-refractivity contribution is 0.357. The number of fused-ring (bicyclic) bond motifs is 1. The second-order valence-electron chi connectivity index (χ2n) is 2.86. The highest BCUT2D eigenvalue weighted by molar-refractivity contribution is 5.57. The molecule has 0 unspecified atom stereocenters. The molecule has 0 saturated heterocycles. The Morgan fingerprint density at radius 3 is 3.25 bits per heavy atom. The first-order valence-corrected chi connectivity index (χ1v) is 4.00. The van der Waals surface area contributed by atoms with Crippen LogP contribution in [0.4, 0.5) is 0 Å². The Kier molecular flexibility index (Phi) is 1.82. The van der Waals surface area contributed by atoms with Crippen molar-refractivity contribution in [2.45, 2.75) is 12.8 Å². The number of hydrogen-bond donors (Lipinski definition) is 0. The van der Waals surface area contributed by atoms with Crippen LogP contribution in [-0.2, 0) is 17.6 Å². The van der Waals surface area contributed by atoms with Gasteiger partial charge in [-0.05, 0) is 17.2 Å². The van der Waals surface area contributed by atoms with Crippen molar-refractivity contribution in [2.24, 2.45) is 0 Å². The summed E-state index contributed by atoms with van der Waals surface area (Å²) < 4.78 is 5.33. The fraction of sp³-hybridized carbons (Fsp3) is 0.300. The first kappa shape index (κ1) is 7.35. The highest BCUT2D eigenvalue weighted by atomic mass is 16.5. The molecule has 0 bridgehead atoms. The van der Waals surface area contributed by atoms with Crippen molar-refractivity contribution in [3.8, 4) is 5.75 Å². The van der Waals surface area contributed by atoms with Gasteiger partial charge in [0.15, 0.2) is 0 Å². The van der Waals surface area contributed by atoms with E-state index in [9.17, 15) is 4.79 Å². The number of ether oxygens (including phenoxy) is 1. The summed E-state index contributed by atoms with van der Waals surface area (Å²) in [4.78, 5) is 10.1. The normalized spacial score (nSPS) is 13.7. The average molecular weight is 161 g/mol. The summed E-state index contributed by atoms with van der Waals surface area (Å²) in [6.07, 6.45) is 3.23. The molecule has 61 valence electrons. The maximum atomic E-state index is 10.1. The smallest absolute Gasteiger partial charge is 0.203 e. The molecule has 1 heterocycles. The molecule has 0 aromatic heterocycles. The van der Waals surface area contributed by atoms with Gasteiger partial charge >= 0.3 is 0 Å². The van der Waals surface area contributed by atoms with Gasteiger partial charge in [-0.15, -0.1) is 0 Å². The summed E-state index contributed by atoms with van der Waals surface area (Å²) >= 11 is 0. The Balaban J connectivity index is 2.32. The van der Waals surface area contributed by atoms with Gasteiger partial charge < -0.3 is 4.74 Å². The zero-order chi connectivity index (χ0) is 8.39. The van der Waals surface area contributed by atoms with E-state index in [2.05, 4.69) is 0 Å². The Morgan fingerprint density at radius 1 is 1.50 bits per heavy atom. The quantitative estimate of drug-likeness (QED) is 0.653. The molecular weight excluding hydrogens is 152 g/mol. The summed E-state index contributed by atoms with van der Waals surface area (Å²) in [5.74, 6) is 0.963. The van der Waals surface area contributed by atoms with Crippen LogP contribution in [0.15, 0.2) is 18.2 Å². The van der Waals surface area contributed by atoms with Gasteiger partial charge in [0.05, 0.1) is 6.61 Å². The van der Waals surface area contributed by atoms with Crippen LogP contribution in [0.25, 0.3) is 0 Å². The first-order valence-electron chi connectivity index (χ1n) is 4.00. The molecule has 1 aromatic carbocycles. The van der Waals surface area contributed by atoms with Crippen molar-refractivity contribution < 1.29 is 9.53 Å². The molecular formula is C10H9O2. The number of carbonyl (C=O) groups excluding carboxylic acids is 1.